The predicted molar refractivity (Wildman–Crippen MR) is 54.1 cm³/mol. The first kappa shape index (κ1) is 11.2. The molecular weight excluding hydrogens is 180 g/mol. The molecule has 0 saturated carbocycles. The Morgan fingerprint density at radius 1 is 1.50 bits per heavy atom. The number of aryl methyl sites for hydroxylation is 1. The van der Waals surface area contributed by atoms with Crippen LogP contribution >= 0.6 is 0 Å². The van der Waals surface area contributed by atoms with Crippen LogP contribution in [0.5, 0.6) is 0 Å². The van der Waals surface area contributed by atoms with Crippen molar-refractivity contribution in [3.8, 4) is 0 Å². The Morgan fingerprint density at radius 2 is 2.36 bits per heavy atom. The lowest BCUT2D eigenvalue weighted by Crippen LogP contribution is -2.06. The van der Waals surface area contributed by atoms with Crippen molar-refractivity contribution in [1.29, 1.82) is 0 Å². The molecule has 1 heterocycles. The zero-order chi connectivity index (χ0) is 10.2. The largest absolute Gasteiger partial charge is 0.385 e. The molecule has 1 rings (SSSR count). The minimum absolute atomic E-state index is 0.594. The number of imidazole rings is 1. The third-order valence-electron chi connectivity index (χ3n) is 1.98. The summed E-state index contributed by atoms with van der Waals surface area (Å²) in [7, 11) is 1.72. The molecule has 80 valence electrons. The fourth-order valence-corrected chi connectivity index (χ4v) is 1.26. The molecule has 1 aromatic rings. The average Bonchev–Trinajstić information content (AvgIpc) is 2.63. The number of methoxy groups -OCH3 is 1. The van der Waals surface area contributed by atoms with Crippen LogP contribution in [0.25, 0.3) is 0 Å². The normalized spacial score (nSPS) is 10.7. The number of hydrogen-bond acceptors (Lipinski definition) is 3. The predicted octanol–water partition coefficient (Wildman–Crippen LogP) is 1.46. The van der Waals surface area contributed by atoms with Gasteiger partial charge in [0, 0.05) is 39.3 Å². The first-order valence-electron chi connectivity index (χ1n) is 4.95. The summed E-state index contributed by atoms with van der Waals surface area (Å²) >= 11 is 0. The van der Waals surface area contributed by atoms with Gasteiger partial charge in [0.25, 0.3) is 0 Å². The van der Waals surface area contributed by atoms with Gasteiger partial charge in [0.15, 0.2) is 0 Å². The van der Waals surface area contributed by atoms with Gasteiger partial charge in [-0.25, -0.2) is 4.98 Å². The molecule has 0 amide bonds. The van der Waals surface area contributed by atoms with E-state index in [4.69, 9.17) is 9.47 Å². The van der Waals surface area contributed by atoms with Gasteiger partial charge in [-0.2, -0.15) is 0 Å². The minimum atomic E-state index is 0.594. The van der Waals surface area contributed by atoms with Gasteiger partial charge in [-0.15, -0.1) is 0 Å². The second kappa shape index (κ2) is 6.56. The van der Waals surface area contributed by atoms with Crippen LogP contribution in [0, 0.1) is 0 Å². The van der Waals surface area contributed by atoms with Crippen molar-refractivity contribution in [1.82, 2.24) is 9.55 Å². The Balaban J connectivity index is 2.37. The molecule has 0 unspecified atom stereocenters. The van der Waals surface area contributed by atoms with Gasteiger partial charge < -0.3 is 14.0 Å². The fraction of sp³-hybridized carbons (Fsp3) is 0.700. The molecule has 14 heavy (non-hydrogen) atoms. The lowest BCUT2D eigenvalue weighted by atomic mass is 10.4. The van der Waals surface area contributed by atoms with E-state index >= 15 is 0 Å². The lowest BCUT2D eigenvalue weighted by Gasteiger charge is -2.06. The SMILES string of the molecule is CCOCc1nccn1CCCOC. The highest BCUT2D eigenvalue weighted by atomic mass is 16.5. The first-order chi connectivity index (χ1) is 6.88. The maximum Gasteiger partial charge on any atom is 0.134 e. The number of ether oxygens (including phenoxy) is 2. The topological polar surface area (TPSA) is 36.3 Å². The van der Waals surface area contributed by atoms with Crippen LogP contribution in [0.2, 0.25) is 0 Å². The van der Waals surface area contributed by atoms with E-state index in [1.165, 1.54) is 0 Å². The number of aromatic nitrogens is 2. The van der Waals surface area contributed by atoms with E-state index in [1.807, 2.05) is 13.1 Å². The summed E-state index contributed by atoms with van der Waals surface area (Å²) in [5.74, 6) is 0.989. The van der Waals surface area contributed by atoms with Crippen LogP contribution in [-0.2, 0) is 22.6 Å². The van der Waals surface area contributed by atoms with Gasteiger partial charge in [-0.3, -0.25) is 0 Å². The molecule has 0 bridgehead atoms. The Hall–Kier alpha value is -0.870. The van der Waals surface area contributed by atoms with Crippen molar-refractivity contribution < 1.29 is 9.47 Å². The Kier molecular flexibility index (Phi) is 5.25. The van der Waals surface area contributed by atoms with Crippen LogP contribution in [-0.4, -0.2) is 29.9 Å². The van der Waals surface area contributed by atoms with E-state index in [2.05, 4.69) is 9.55 Å². The van der Waals surface area contributed by atoms with E-state index in [-0.39, 0.29) is 0 Å². The van der Waals surface area contributed by atoms with E-state index in [1.54, 1.807) is 13.3 Å². The van der Waals surface area contributed by atoms with Gasteiger partial charge in [0.05, 0.1) is 0 Å². The smallest absolute Gasteiger partial charge is 0.134 e. The molecule has 4 heteroatoms. The molecule has 4 nitrogen and oxygen atoms in total. The van der Waals surface area contributed by atoms with Crippen molar-refractivity contribution in [3.05, 3.63) is 18.2 Å². The third-order valence-corrected chi connectivity index (χ3v) is 1.98. The summed E-state index contributed by atoms with van der Waals surface area (Å²) in [4.78, 5) is 4.23. The van der Waals surface area contributed by atoms with Crippen molar-refractivity contribution in [2.24, 2.45) is 0 Å². The molecule has 0 spiro atoms. The second-order valence-corrected chi connectivity index (χ2v) is 3.02. The highest BCUT2D eigenvalue weighted by Gasteiger charge is 2.01. The Morgan fingerprint density at radius 3 is 3.07 bits per heavy atom. The minimum Gasteiger partial charge on any atom is -0.385 e. The van der Waals surface area contributed by atoms with Gasteiger partial charge in [-0.05, 0) is 13.3 Å². The second-order valence-electron chi connectivity index (χ2n) is 3.02. The molecule has 0 atom stereocenters. The molecule has 0 aliphatic heterocycles. The molecule has 0 fully saturated rings. The molecule has 0 aliphatic carbocycles. The first-order valence-corrected chi connectivity index (χ1v) is 4.95. The van der Waals surface area contributed by atoms with Gasteiger partial charge in [0.2, 0.25) is 0 Å². The molecule has 1 aromatic heterocycles. The van der Waals surface area contributed by atoms with Crippen molar-refractivity contribution in [2.45, 2.75) is 26.5 Å². The third kappa shape index (κ3) is 3.47. The molecule has 0 radical (unpaired) electrons. The van der Waals surface area contributed by atoms with E-state index in [0.29, 0.717) is 6.61 Å². The highest BCUT2D eigenvalue weighted by molar-refractivity contribution is 4.90. The Labute approximate surface area is 84.9 Å². The summed E-state index contributed by atoms with van der Waals surface area (Å²) in [5, 5.41) is 0. The van der Waals surface area contributed by atoms with E-state index in [0.717, 1.165) is 32.0 Å². The van der Waals surface area contributed by atoms with E-state index < -0.39 is 0 Å². The van der Waals surface area contributed by atoms with Gasteiger partial charge in [0.1, 0.15) is 12.4 Å². The lowest BCUT2D eigenvalue weighted by molar-refractivity contribution is 0.124. The average molecular weight is 198 g/mol. The maximum atomic E-state index is 5.31. The van der Waals surface area contributed by atoms with Crippen LogP contribution in [0.3, 0.4) is 0 Å². The van der Waals surface area contributed by atoms with Gasteiger partial charge >= 0.3 is 0 Å². The zero-order valence-electron chi connectivity index (χ0n) is 8.90. The van der Waals surface area contributed by atoms with Crippen LogP contribution in [0.1, 0.15) is 19.2 Å². The highest BCUT2D eigenvalue weighted by Crippen LogP contribution is 2.01. The summed E-state index contributed by atoms with van der Waals surface area (Å²) in [6.07, 6.45) is 4.79. The Bertz CT molecular complexity index is 248. The monoisotopic (exact) mass is 198 g/mol. The number of hydrogen-bond donors (Lipinski definition) is 0. The molecular formula is C10H18N2O2. The van der Waals surface area contributed by atoms with Crippen molar-refractivity contribution in [2.75, 3.05) is 20.3 Å². The molecule has 0 aromatic carbocycles. The summed E-state index contributed by atoms with van der Waals surface area (Å²) < 4.78 is 12.4. The van der Waals surface area contributed by atoms with Crippen LogP contribution in [0.4, 0.5) is 0 Å². The zero-order valence-corrected chi connectivity index (χ0v) is 8.90. The summed E-state index contributed by atoms with van der Waals surface area (Å²) in [6.45, 7) is 5.03. The molecule has 0 saturated heterocycles. The molecule has 0 N–H and O–H groups in total. The number of rotatable bonds is 7. The van der Waals surface area contributed by atoms with E-state index in [9.17, 15) is 0 Å². The molecule has 0 aliphatic rings. The quantitative estimate of drug-likeness (QED) is 0.622. The maximum absolute atomic E-state index is 5.31. The number of nitrogens with zero attached hydrogens (tertiary/aromatic N) is 2. The van der Waals surface area contributed by atoms with Gasteiger partial charge in [-0.1, -0.05) is 0 Å². The summed E-state index contributed by atoms with van der Waals surface area (Å²) in [6, 6.07) is 0. The van der Waals surface area contributed by atoms with Crippen molar-refractivity contribution >= 4 is 0 Å². The van der Waals surface area contributed by atoms with Crippen LogP contribution in [0.15, 0.2) is 12.4 Å². The van der Waals surface area contributed by atoms with Crippen LogP contribution < -0.4 is 0 Å². The standard InChI is InChI=1S/C10H18N2O2/c1-3-14-9-10-11-5-7-12(10)6-4-8-13-2/h5,7H,3-4,6,8-9H2,1-2H3. The summed E-state index contributed by atoms with van der Waals surface area (Å²) in [5.41, 5.74) is 0. The van der Waals surface area contributed by atoms with Crippen molar-refractivity contribution in [3.63, 3.8) is 0 Å². The fourth-order valence-electron chi connectivity index (χ4n) is 1.26.